The predicted octanol–water partition coefficient (Wildman–Crippen LogP) is 3.98. The molecule has 0 radical (unpaired) electrons. The second-order valence-corrected chi connectivity index (χ2v) is 8.69. The van der Waals surface area contributed by atoms with Crippen molar-refractivity contribution < 1.29 is 0 Å². The fourth-order valence-electron chi connectivity index (χ4n) is 8.58. The van der Waals surface area contributed by atoms with Gasteiger partial charge in [0, 0.05) is 0 Å². The van der Waals surface area contributed by atoms with Gasteiger partial charge in [-0.3, -0.25) is 0 Å². The third-order valence-electron chi connectivity index (χ3n) is 8.57. The summed E-state index contributed by atoms with van der Waals surface area (Å²) in [6, 6.07) is 0. The Hall–Kier alpha value is -0.260. The van der Waals surface area contributed by atoms with E-state index in [-0.39, 0.29) is 0 Å². The normalized spacial score (nSPS) is 73.3. The van der Waals surface area contributed by atoms with E-state index in [4.69, 9.17) is 0 Å². The molecule has 5 fully saturated rings. The summed E-state index contributed by atoms with van der Waals surface area (Å²) in [5, 5.41) is 0. The Morgan fingerprint density at radius 1 is 0.667 bits per heavy atom. The van der Waals surface area contributed by atoms with Crippen LogP contribution < -0.4 is 0 Å². The van der Waals surface area contributed by atoms with Gasteiger partial charge >= 0.3 is 0 Å². The van der Waals surface area contributed by atoms with E-state index in [0.717, 1.165) is 41.4 Å². The molecule has 0 heterocycles. The Morgan fingerprint density at radius 3 is 2.17 bits per heavy atom. The van der Waals surface area contributed by atoms with Gasteiger partial charge in [0.2, 0.25) is 0 Å². The molecule has 0 amide bonds. The van der Waals surface area contributed by atoms with Crippen molar-refractivity contribution in [1.29, 1.82) is 0 Å². The van der Waals surface area contributed by atoms with Crippen LogP contribution in [0.5, 0.6) is 0 Å². The molecule has 11 atom stereocenters. The molecule has 0 aromatic heterocycles. The maximum absolute atomic E-state index is 2.61. The van der Waals surface area contributed by atoms with Crippen LogP contribution in [-0.4, -0.2) is 0 Å². The molecule has 0 nitrogen and oxygen atoms in total. The molecule has 6 bridgehead atoms. The van der Waals surface area contributed by atoms with Crippen LogP contribution in [0, 0.1) is 65.1 Å². The standard InChI is InChI=1S/C18H24/c1-8-4-11-6-12(8)18-14-7-13(17(11)18)15-9-2-3-10(5-9)16(14)15/h2-3,8-18H,4-7H2,1H3/t8-,9-,10+,11-,12+,13+,14-,15?,16?,17?,18?/m0/s1. The summed E-state index contributed by atoms with van der Waals surface area (Å²) in [6.45, 7) is 2.56. The lowest BCUT2D eigenvalue weighted by molar-refractivity contribution is 0.0330. The van der Waals surface area contributed by atoms with Crippen LogP contribution in [0.3, 0.4) is 0 Å². The highest BCUT2D eigenvalue weighted by atomic mass is 14.7. The average Bonchev–Trinajstić information content (AvgIpc) is 3.14. The van der Waals surface area contributed by atoms with Gasteiger partial charge in [0.25, 0.3) is 0 Å². The first-order valence-corrected chi connectivity index (χ1v) is 8.51. The van der Waals surface area contributed by atoms with Crippen molar-refractivity contribution in [2.45, 2.75) is 32.6 Å². The first-order valence-electron chi connectivity index (χ1n) is 8.51. The monoisotopic (exact) mass is 240 g/mol. The average molecular weight is 240 g/mol. The lowest BCUT2D eigenvalue weighted by Crippen LogP contribution is -2.41. The van der Waals surface area contributed by atoms with E-state index in [1.807, 2.05) is 0 Å². The molecule has 5 saturated carbocycles. The SMILES string of the molecule is C[C@H]1C[C@H]2C[C@H]1C1C2[C@@H]2C[C@H]1C1C2[C@H]2C=C[C@@H]1C2. The van der Waals surface area contributed by atoms with E-state index < -0.39 is 0 Å². The van der Waals surface area contributed by atoms with Gasteiger partial charge in [0.15, 0.2) is 0 Å². The summed E-state index contributed by atoms with van der Waals surface area (Å²) in [5.74, 6) is 12.5. The summed E-state index contributed by atoms with van der Waals surface area (Å²) < 4.78 is 0. The van der Waals surface area contributed by atoms with Crippen LogP contribution in [0.25, 0.3) is 0 Å². The second-order valence-electron chi connectivity index (χ2n) is 8.69. The van der Waals surface area contributed by atoms with Crippen LogP contribution in [0.2, 0.25) is 0 Å². The molecule has 0 N–H and O–H groups in total. The summed E-state index contributed by atoms with van der Waals surface area (Å²) in [5.41, 5.74) is 0. The summed E-state index contributed by atoms with van der Waals surface area (Å²) in [4.78, 5) is 0. The minimum absolute atomic E-state index is 1.02. The van der Waals surface area contributed by atoms with Crippen molar-refractivity contribution in [3.05, 3.63) is 12.2 Å². The lowest BCUT2D eigenvalue weighted by Gasteiger charge is -2.45. The van der Waals surface area contributed by atoms with Crippen molar-refractivity contribution in [1.82, 2.24) is 0 Å². The molecule has 0 heteroatoms. The Morgan fingerprint density at radius 2 is 1.39 bits per heavy atom. The minimum atomic E-state index is 1.02. The molecule has 4 unspecified atom stereocenters. The molecular formula is C18H24. The number of allylic oxidation sites excluding steroid dienone is 2. The largest absolute Gasteiger partial charge is 0.0848 e. The van der Waals surface area contributed by atoms with Crippen molar-refractivity contribution in [3.8, 4) is 0 Å². The van der Waals surface area contributed by atoms with Crippen LogP contribution in [-0.2, 0) is 0 Å². The maximum Gasteiger partial charge on any atom is -0.0194 e. The third-order valence-corrected chi connectivity index (χ3v) is 8.57. The van der Waals surface area contributed by atoms with Gasteiger partial charge in [-0.05, 0) is 90.8 Å². The molecule has 96 valence electrons. The molecule has 0 aromatic rings. The van der Waals surface area contributed by atoms with Gasteiger partial charge in [-0.15, -0.1) is 0 Å². The van der Waals surface area contributed by atoms with Crippen molar-refractivity contribution in [2.24, 2.45) is 65.1 Å². The van der Waals surface area contributed by atoms with Crippen molar-refractivity contribution >= 4 is 0 Å². The Kier molecular flexibility index (Phi) is 1.48. The molecule has 0 aliphatic heterocycles. The van der Waals surface area contributed by atoms with Gasteiger partial charge in [-0.2, -0.15) is 0 Å². The van der Waals surface area contributed by atoms with E-state index in [2.05, 4.69) is 19.1 Å². The molecule has 6 aliphatic rings. The van der Waals surface area contributed by atoms with Crippen molar-refractivity contribution in [2.75, 3.05) is 0 Å². The smallest absolute Gasteiger partial charge is 0.0194 e. The highest BCUT2D eigenvalue weighted by molar-refractivity contribution is 5.24. The zero-order chi connectivity index (χ0) is 11.6. The number of hydrogen-bond donors (Lipinski definition) is 0. The molecule has 6 aliphatic carbocycles. The van der Waals surface area contributed by atoms with E-state index in [1.54, 1.807) is 25.7 Å². The molecule has 0 spiro atoms. The van der Waals surface area contributed by atoms with Crippen molar-refractivity contribution in [3.63, 3.8) is 0 Å². The van der Waals surface area contributed by atoms with Gasteiger partial charge in [-0.25, -0.2) is 0 Å². The number of hydrogen-bond acceptors (Lipinski definition) is 0. The van der Waals surface area contributed by atoms with Gasteiger partial charge in [0.1, 0.15) is 0 Å². The third kappa shape index (κ3) is 0.816. The minimum Gasteiger partial charge on any atom is -0.0848 e. The van der Waals surface area contributed by atoms with E-state index in [9.17, 15) is 0 Å². The molecule has 0 saturated heterocycles. The second kappa shape index (κ2) is 2.76. The van der Waals surface area contributed by atoms with Gasteiger partial charge in [0.05, 0.1) is 0 Å². The van der Waals surface area contributed by atoms with E-state index >= 15 is 0 Å². The fourth-order valence-corrected chi connectivity index (χ4v) is 8.58. The van der Waals surface area contributed by atoms with Gasteiger partial charge in [-0.1, -0.05) is 19.1 Å². The molecule has 6 rings (SSSR count). The molecular weight excluding hydrogens is 216 g/mol. The lowest BCUT2D eigenvalue weighted by atomic mass is 9.59. The number of fused-ring (bicyclic) bond motifs is 16. The zero-order valence-electron chi connectivity index (χ0n) is 11.3. The Labute approximate surface area is 110 Å². The highest BCUT2D eigenvalue weighted by Crippen LogP contribution is 2.76. The molecule has 0 aromatic carbocycles. The summed E-state index contributed by atoms with van der Waals surface area (Å²) >= 11 is 0. The first kappa shape index (κ1) is 9.61. The van der Waals surface area contributed by atoms with Crippen LogP contribution >= 0.6 is 0 Å². The fraction of sp³-hybridized carbons (Fsp3) is 0.889. The van der Waals surface area contributed by atoms with Crippen LogP contribution in [0.1, 0.15) is 32.6 Å². The Bertz CT molecular complexity index is 449. The Balaban J connectivity index is 1.46. The summed E-state index contributed by atoms with van der Waals surface area (Å²) in [6.07, 6.45) is 11.6. The topological polar surface area (TPSA) is 0 Å². The predicted molar refractivity (Wildman–Crippen MR) is 71.7 cm³/mol. The van der Waals surface area contributed by atoms with Crippen LogP contribution in [0.4, 0.5) is 0 Å². The quantitative estimate of drug-likeness (QED) is 0.444. The molecule has 18 heavy (non-hydrogen) atoms. The van der Waals surface area contributed by atoms with Gasteiger partial charge < -0.3 is 0 Å². The zero-order valence-corrected chi connectivity index (χ0v) is 11.3. The number of rotatable bonds is 0. The maximum atomic E-state index is 2.61. The summed E-state index contributed by atoms with van der Waals surface area (Å²) in [7, 11) is 0. The highest BCUT2D eigenvalue weighted by Gasteiger charge is 2.70. The first-order chi connectivity index (χ1) is 8.83. The van der Waals surface area contributed by atoms with Crippen LogP contribution in [0.15, 0.2) is 12.2 Å². The van der Waals surface area contributed by atoms with E-state index in [1.165, 1.54) is 23.7 Å². The van der Waals surface area contributed by atoms with E-state index in [0.29, 0.717) is 0 Å².